The molecule has 2 rings (SSSR count). The summed E-state index contributed by atoms with van der Waals surface area (Å²) in [5.74, 6) is -0.688. The molecule has 0 radical (unpaired) electrons. The van der Waals surface area contributed by atoms with Crippen molar-refractivity contribution in [2.75, 3.05) is 13.3 Å². The molecule has 1 saturated carbocycles. The molecule has 0 amide bonds. The number of carbonyl (C=O) groups excluding carboxylic acids is 1. The third-order valence-corrected chi connectivity index (χ3v) is 5.20. The van der Waals surface area contributed by atoms with Gasteiger partial charge in [0.15, 0.2) is 0 Å². The Labute approximate surface area is 154 Å². The largest absolute Gasteiger partial charge is 0.493 e. The van der Waals surface area contributed by atoms with Crippen LogP contribution in [-0.2, 0) is 27.4 Å². The van der Waals surface area contributed by atoms with Crippen LogP contribution in [0.15, 0.2) is 23.1 Å². The van der Waals surface area contributed by atoms with Gasteiger partial charge in [-0.3, -0.25) is 13.9 Å². The van der Waals surface area contributed by atoms with E-state index in [1.807, 2.05) is 0 Å². The number of imidazole rings is 1. The van der Waals surface area contributed by atoms with Gasteiger partial charge < -0.3 is 14.9 Å². The van der Waals surface area contributed by atoms with Crippen LogP contribution in [0, 0.1) is 29.1 Å². The number of carbonyl (C=O) groups is 2. The highest BCUT2D eigenvalue weighted by Gasteiger charge is 2.75. The van der Waals surface area contributed by atoms with Crippen LogP contribution in [0.5, 0.6) is 5.88 Å². The van der Waals surface area contributed by atoms with Gasteiger partial charge in [0, 0.05) is 18.5 Å². The van der Waals surface area contributed by atoms with Crippen LogP contribution in [0.4, 0.5) is 4.39 Å². The molecule has 9 heteroatoms. The lowest BCUT2D eigenvalue weighted by atomic mass is 9.96. The van der Waals surface area contributed by atoms with Gasteiger partial charge in [-0.25, -0.2) is 14.0 Å². The number of terminal acetylenes is 1. The van der Waals surface area contributed by atoms with E-state index < -0.39 is 46.9 Å². The van der Waals surface area contributed by atoms with Gasteiger partial charge in [-0.15, -0.1) is 6.42 Å². The molecule has 0 unspecified atom stereocenters. The second kappa shape index (κ2) is 7.31. The number of rotatable bonds is 8. The van der Waals surface area contributed by atoms with Crippen LogP contribution in [0.25, 0.3) is 0 Å². The number of alkyl halides is 1. The van der Waals surface area contributed by atoms with E-state index in [4.69, 9.17) is 6.42 Å². The SMILES string of the molecule is C#CCn1cc(O)n(C[C@@]2(C(=O)O)[C@H](C=CC(=O)OCCF)C2(C)C)c1=O. The molecule has 0 aromatic carbocycles. The number of carboxylic acid groups (broad SMARTS) is 1. The molecule has 0 saturated heterocycles. The minimum atomic E-state index is -1.42. The van der Waals surface area contributed by atoms with Gasteiger partial charge in [0.2, 0.25) is 5.88 Å². The first-order chi connectivity index (χ1) is 12.6. The summed E-state index contributed by atoms with van der Waals surface area (Å²) in [4.78, 5) is 35.9. The molecule has 2 N–H and O–H groups in total. The Kier molecular flexibility index (Phi) is 5.49. The first kappa shape index (κ1) is 20.3. The van der Waals surface area contributed by atoms with Crippen LogP contribution in [0.2, 0.25) is 0 Å². The summed E-state index contributed by atoms with van der Waals surface area (Å²) in [5, 5.41) is 19.9. The van der Waals surface area contributed by atoms with E-state index in [1.165, 1.54) is 6.08 Å². The molecule has 1 fully saturated rings. The molecule has 1 aromatic heterocycles. The fraction of sp³-hybridized carbons (Fsp3) is 0.500. The predicted octanol–water partition coefficient (Wildman–Crippen LogP) is 0.784. The number of esters is 1. The molecule has 1 aromatic rings. The van der Waals surface area contributed by atoms with Gasteiger partial charge in [0.25, 0.3) is 0 Å². The summed E-state index contributed by atoms with van der Waals surface area (Å²) in [5.41, 5.74) is -2.86. The standard InChI is InChI=1S/C18H21FN2O6/c1-4-8-20-10-13(22)21(16(20)26)11-18(15(24)25)12(17(18,2)3)5-6-14(23)27-9-7-19/h1,5-6,10,12,22H,7-9,11H2,2-3H3,(H,24,25)/t12-,18+/m1/s1. The summed E-state index contributed by atoms with van der Waals surface area (Å²) in [6.07, 6.45) is 8.76. The lowest BCUT2D eigenvalue weighted by Crippen LogP contribution is -2.33. The summed E-state index contributed by atoms with van der Waals surface area (Å²) in [6, 6.07) is 0. The second-order valence-electron chi connectivity index (χ2n) is 6.88. The number of ether oxygens (including phenoxy) is 1. The Morgan fingerprint density at radius 3 is 2.70 bits per heavy atom. The maximum absolute atomic E-state index is 12.4. The van der Waals surface area contributed by atoms with Crippen LogP contribution in [0.1, 0.15) is 13.8 Å². The first-order valence-corrected chi connectivity index (χ1v) is 8.20. The number of aliphatic carboxylic acids is 1. The number of carboxylic acids is 1. The molecule has 1 aliphatic carbocycles. The zero-order chi connectivity index (χ0) is 20.4. The summed E-state index contributed by atoms with van der Waals surface area (Å²) < 4.78 is 18.7. The molecule has 27 heavy (non-hydrogen) atoms. The van der Waals surface area contributed by atoms with Crippen molar-refractivity contribution in [1.82, 2.24) is 9.13 Å². The second-order valence-corrected chi connectivity index (χ2v) is 6.88. The molecule has 2 atom stereocenters. The summed E-state index contributed by atoms with van der Waals surface area (Å²) in [7, 11) is 0. The Morgan fingerprint density at radius 2 is 2.15 bits per heavy atom. The van der Waals surface area contributed by atoms with E-state index in [0.717, 1.165) is 21.4 Å². The number of hydrogen-bond acceptors (Lipinski definition) is 5. The van der Waals surface area contributed by atoms with Crippen molar-refractivity contribution in [3.8, 4) is 18.2 Å². The monoisotopic (exact) mass is 380 g/mol. The predicted molar refractivity (Wildman–Crippen MR) is 92.6 cm³/mol. The Balaban J connectivity index is 2.33. The van der Waals surface area contributed by atoms with Gasteiger partial charge >= 0.3 is 17.6 Å². The van der Waals surface area contributed by atoms with E-state index in [0.29, 0.717) is 0 Å². The van der Waals surface area contributed by atoms with E-state index in [9.17, 15) is 29.0 Å². The zero-order valence-electron chi connectivity index (χ0n) is 15.0. The van der Waals surface area contributed by atoms with E-state index in [2.05, 4.69) is 10.7 Å². The van der Waals surface area contributed by atoms with Crippen LogP contribution in [0.3, 0.4) is 0 Å². The molecule has 8 nitrogen and oxygen atoms in total. The van der Waals surface area contributed by atoms with Crippen molar-refractivity contribution in [3.05, 3.63) is 28.8 Å². The normalized spacial score (nSPS) is 23.1. The van der Waals surface area contributed by atoms with Gasteiger partial charge in [0.05, 0.1) is 18.2 Å². The quantitative estimate of drug-likeness (QED) is 0.392. The van der Waals surface area contributed by atoms with Gasteiger partial charge in [-0.2, -0.15) is 0 Å². The number of aromatic hydroxyl groups is 1. The molecule has 0 bridgehead atoms. The summed E-state index contributed by atoms with van der Waals surface area (Å²) >= 11 is 0. The van der Waals surface area contributed by atoms with Gasteiger partial charge in [0.1, 0.15) is 13.3 Å². The molecule has 1 heterocycles. The van der Waals surface area contributed by atoms with Crippen LogP contribution in [-0.4, -0.2) is 44.6 Å². The molecule has 0 spiro atoms. The van der Waals surface area contributed by atoms with Crippen LogP contribution >= 0.6 is 0 Å². The van der Waals surface area contributed by atoms with Crippen LogP contribution < -0.4 is 5.69 Å². The van der Waals surface area contributed by atoms with Crippen molar-refractivity contribution in [1.29, 1.82) is 0 Å². The molecule has 1 aliphatic rings. The minimum Gasteiger partial charge on any atom is -0.493 e. The molecular weight excluding hydrogens is 359 g/mol. The number of halogens is 1. The average Bonchev–Trinajstić information content (AvgIpc) is 2.96. The van der Waals surface area contributed by atoms with Crippen molar-refractivity contribution in [2.24, 2.45) is 16.7 Å². The summed E-state index contributed by atoms with van der Waals surface area (Å²) in [6.45, 7) is 1.81. The number of allylic oxidation sites excluding steroid dienone is 1. The van der Waals surface area contributed by atoms with Gasteiger partial charge in [-0.05, 0) is 5.41 Å². The number of aromatic nitrogens is 2. The van der Waals surface area contributed by atoms with Crippen molar-refractivity contribution in [3.63, 3.8) is 0 Å². The van der Waals surface area contributed by atoms with Crippen molar-refractivity contribution in [2.45, 2.75) is 26.9 Å². The van der Waals surface area contributed by atoms with E-state index in [1.54, 1.807) is 13.8 Å². The fourth-order valence-electron chi connectivity index (χ4n) is 3.57. The lowest BCUT2D eigenvalue weighted by molar-refractivity contribution is -0.146. The Bertz CT molecular complexity index is 875. The highest BCUT2D eigenvalue weighted by atomic mass is 19.1. The fourth-order valence-corrected chi connectivity index (χ4v) is 3.57. The topological polar surface area (TPSA) is 111 Å². The van der Waals surface area contributed by atoms with E-state index >= 15 is 0 Å². The molecule has 146 valence electrons. The van der Waals surface area contributed by atoms with Gasteiger partial charge in [-0.1, -0.05) is 25.8 Å². The Morgan fingerprint density at radius 1 is 1.48 bits per heavy atom. The Hall–Kier alpha value is -3.02. The zero-order valence-corrected chi connectivity index (χ0v) is 15.0. The van der Waals surface area contributed by atoms with Crippen molar-refractivity contribution >= 4 is 11.9 Å². The third kappa shape index (κ3) is 3.35. The molecular formula is C18H21FN2O6. The maximum Gasteiger partial charge on any atom is 0.331 e. The minimum absolute atomic E-state index is 0.0629. The maximum atomic E-state index is 12.4. The lowest BCUT2D eigenvalue weighted by Gasteiger charge is -2.16. The first-order valence-electron chi connectivity index (χ1n) is 8.20. The molecule has 0 aliphatic heterocycles. The smallest absolute Gasteiger partial charge is 0.331 e. The van der Waals surface area contributed by atoms with Crippen molar-refractivity contribution < 1.29 is 28.9 Å². The average molecular weight is 380 g/mol. The number of hydrogen-bond donors (Lipinski definition) is 2. The highest BCUT2D eigenvalue weighted by Crippen LogP contribution is 2.70. The third-order valence-electron chi connectivity index (χ3n) is 5.20. The highest BCUT2D eigenvalue weighted by molar-refractivity contribution is 5.84. The van der Waals surface area contributed by atoms with E-state index in [-0.39, 0.29) is 19.7 Å². The number of nitrogens with zero attached hydrogens (tertiary/aromatic N) is 2.